The van der Waals surface area contributed by atoms with E-state index < -0.39 is 5.41 Å². The Balaban J connectivity index is 0.000000188. The van der Waals surface area contributed by atoms with E-state index in [9.17, 15) is 10.2 Å². The van der Waals surface area contributed by atoms with Crippen molar-refractivity contribution in [3.63, 3.8) is 0 Å². The number of aromatic nitrogens is 6. The first kappa shape index (κ1) is 39.9. The van der Waals surface area contributed by atoms with Crippen LogP contribution >= 0.6 is 0 Å². The van der Waals surface area contributed by atoms with Gasteiger partial charge >= 0.3 is 0 Å². The highest BCUT2D eigenvalue weighted by atomic mass is 16.3. The SMILES string of the molecule is CC(C)(C)CC(C)(C)c1ccc(O)c(-n2nc3ccccc3n2)c1.CC(C)(c1ccccc1)c1cc(-n2nc3ccccc3n2)c(O)c(C(C)(C)c2ccccc2)c1. The van der Waals surface area contributed by atoms with Crippen LogP contribution < -0.4 is 0 Å². The lowest BCUT2D eigenvalue weighted by Gasteiger charge is -2.33. The number of fused-ring (bicyclic) bond motifs is 2. The van der Waals surface area contributed by atoms with Crippen molar-refractivity contribution >= 4 is 22.1 Å². The van der Waals surface area contributed by atoms with Gasteiger partial charge in [-0.25, -0.2) is 0 Å². The summed E-state index contributed by atoms with van der Waals surface area (Å²) in [5.41, 5.74) is 9.33. The summed E-state index contributed by atoms with van der Waals surface area (Å²) in [4.78, 5) is 3.09. The van der Waals surface area contributed by atoms with Crippen molar-refractivity contribution in [3.05, 3.63) is 167 Å². The van der Waals surface area contributed by atoms with Gasteiger partial charge in [-0.2, -0.15) is 0 Å². The summed E-state index contributed by atoms with van der Waals surface area (Å²) >= 11 is 0. The first-order chi connectivity index (χ1) is 27.4. The summed E-state index contributed by atoms with van der Waals surface area (Å²) in [7, 11) is 0. The van der Waals surface area contributed by atoms with E-state index in [-0.39, 0.29) is 27.7 Å². The molecule has 0 fully saturated rings. The van der Waals surface area contributed by atoms with E-state index in [0.717, 1.165) is 45.2 Å². The van der Waals surface area contributed by atoms with Gasteiger partial charge in [0.2, 0.25) is 0 Å². The predicted octanol–water partition coefficient (Wildman–Crippen LogP) is 11.6. The maximum atomic E-state index is 11.6. The van der Waals surface area contributed by atoms with Crippen molar-refractivity contribution in [3.8, 4) is 22.9 Å². The molecule has 0 atom stereocenters. The Kier molecular flexibility index (Phi) is 10.5. The molecule has 0 bridgehead atoms. The van der Waals surface area contributed by atoms with Gasteiger partial charge in [0, 0.05) is 16.4 Å². The van der Waals surface area contributed by atoms with E-state index in [0.29, 0.717) is 11.4 Å². The summed E-state index contributed by atoms with van der Waals surface area (Å²) in [6.07, 6.45) is 1.04. The molecule has 0 saturated heterocycles. The molecule has 6 aromatic carbocycles. The highest BCUT2D eigenvalue weighted by Gasteiger charge is 2.33. The number of nitrogens with zero attached hydrogens (tertiary/aromatic N) is 6. The van der Waals surface area contributed by atoms with Crippen molar-refractivity contribution in [1.82, 2.24) is 30.0 Å². The maximum absolute atomic E-state index is 11.6. The Hall–Kier alpha value is -6.28. The summed E-state index contributed by atoms with van der Waals surface area (Å²) in [5, 5.41) is 40.3. The summed E-state index contributed by atoms with van der Waals surface area (Å²) in [6, 6.07) is 46.1. The number of phenols is 2. The molecule has 0 unspecified atom stereocenters. The van der Waals surface area contributed by atoms with Crippen molar-refractivity contribution in [2.75, 3.05) is 0 Å². The van der Waals surface area contributed by atoms with Crippen molar-refractivity contribution in [2.24, 2.45) is 5.41 Å². The number of hydrogen-bond donors (Lipinski definition) is 2. The molecule has 0 saturated carbocycles. The van der Waals surface area contributed by atoms with Crippen LogP contribution in [0.1, 0.15) is 96.6 Å². The molecule has 296 valence electrons. The first-order valence-electron chi connectivity index (χ1n) is 19.9. The first-order valence-corrected chi connectivity index (χ1v) is 19.9. The van der Waals surface area contributed by atoms with E-state index in [1.807, 2.05) is 91.0 Å². The highest BCUT2D eigenvalue weighted by Crippen LogP contribution is 2.44. The van der Waals surface area contributed by atoms with Crippen molar-refractivity contribution < 1.29 is 10.2 Å². The van der Waals surface area contributed by atoms with Crippen molar-refractivity contribution in [1.29, 1.82) is 0 Å². The molecular weight excluding hydrogens is 717 g/mol. The third-order valence-corrected chi connectivity index (χ3v) is 11.2. The zero-order chi connectivity index (χ0) is 41.5. The molecule has 2 N–H and O–H groups in total. The molecule has 58 heavy (non-hydrogen) atoms. The van der Waals surface area contributed by atoms with E-state index in [1.165, 1.54) is 15.9 Å². The van der Waals surface area contributed by atoms with Crippen LogP contribution in [0.5, 0.6) is 11.5 Å². The van der Waals surface area contributed by atoms with Crippen LogP contribution in [0.3, 0.4) is 0 Å². The molecular formula is C50H54N6O2. The zero-order valence-corrected chi connectivity index (χ0v) is 35.1. The van der Waals surface area contributed by atoms with E-state index >= 15 is 0 Å². The monoisotopic (exact) mass is 770 g/mol. The molecule has 0 spiro atoms. The standard InChI is InChI=1S/C30H29N3O.C20H25N3O/c1-29(2,21-13-7-5-8-14-21)23-19-24(30(3,4)22-15-9-6-10-16-22)28(34)27(20-23)33-31-25-17-11-12-18-26(25)32-33;1-19(2,3)13-20(4,5)14-10-11-18(24)17(12-14)23-21-15-8-6-7-9-16(15)22-23/h5-20,34H,1-4H3;6-12,24H,13H2,1-5H3. The van der Waals surface area contributed by atoms with Gasteiger partial charge in [0.1, 0.15) is 44.9 Å². The van der Waals surface area contributed by atoms with Crippen LogP contribution in [0, 0.1) is 5.41 Å². The normalized spacial score (nSPS) is 12.4. The quantitative estimate of drug-likeness (QED) is 0.159. The van der Waals surface area contributed by atoms with Crippen molar-refractivity contribution in [2.45, 2.75) is 85.0 Å². The second kappa shape index (κ2) is 15.2. The molecule has 8 rings (SSSR count). The zero-order valence-electron chi connectivity index (χ0n) is 35.1. The lowest BCUT2D eigenvalue weighted by atomic mass is 9.72. The molecule has 8 nitrogen and oxygen atoms in total. The minimum absolute atomic E-state index is 0.00667. The molecule has 0 radical (unpaired) electrons. The second-order valence-corrected chi connectivity index (χ2v) is 18.2. The number of rotatable bonds is 8. The van der Waals surface area contributed by atoms with E-state index in [2.05, 4.69) is 125 Å². The Morgan fingerprint density at radius 2 is 0.845 bits per heavy atom. The predicted molar refractivity (Wildman–Crippen MR) is 235 cm³/mol. The van der Waals surface area contributed by atoms with Gasteiger partial charge in [0.15, 0.2) is 0 Å². The third kappa shape index (κ3) is 8.10. The molecule has 2 heterocycles. The van der Waals surface area contributed by atoms with Gasteiger partial charge in [-0.05, 0) is 82.0 Å². The fraction of sp³-hybridized carbons (Fsp3) is 0.280. The van der Waals surface area contributed by atoms with Crippen LogP contribution in [-0.2, 0) is 16.2 Å². The van der Waals surface area contributed by atoms with Gasteiger partial charge in [-0.3, -0.25) is 0 Å². The smallest absolute Gasteiger partial charge is 0.147 e. The average molecular weight is 771 g/mol. The fourth-order valence-electron chi connectivity index (χ4n) is 8.11. The van der Waals surface area contributed by atoms with E-state index in [1.54, 1.807) is 10.9 Å². The Labute approximate surface area is 341 Å². The summed E-state index contributed by atoms with van der Waals surface area (Å²) in [6.45, 7) is 19.9. The van der Waals surface area contributed by atoms with Crippen LogP contribution in [0.15, 0.2) is 140 Å². The van der Waals surface area contributed by atoms with Gasteiger partial charge in [-0.1, -0.05) is 159 Å². The van der Waals surface area contributed by atoms with Gasteiger partial charge in [-0.15, -0.1) is 30.0 Å². The largest absolute Gasteiger partial charge is 0.506 e. The Morgan fingerprint density at radius 1 is 0.431 bits per heavy atom. The number of benzene rings is 6. The minimum atomic E-state index is -0.435. The lowest BCUT2D eigenvalue weighted by molar-refractivity contribution is 0.284. The Bertz CT molecular complexity index is 2620. The minimum Gasteiger partial charge on any atom is -0.506 e. The van der Waals surface area contributed by atoms with Crippen LogP contribution in [0.4, 0.5) is 0 Å². The number of phenolic OH excluding ortho intramolecular Hbond substituents is 2. The molecule has 0 amide bonds. The van der Waals surface area contributed by atoms with Gasteiger partial charge in [0.25, 0.3) is 0 Å². The molecule has 0 aliphatic rings. The number of aromatic hydroxyl groups is 2. The van der Waals surface area contributed by atoms with Crippen LogP contribution in [-0.4, -0.2) is 40.2 Å². The number of hydrogen-bond acceptors (Lipinski definition) is 6. The lowest BCUT2D eigenvalue weighted by Crippen LogP contribution is -2.25. The Morgan fingerprint density at radius 3 is 1.31 bits per heavy atom. The van der Waals surface area contributed by atoms with E-state index in [4.69, 9.17) is 0 Å². The molecule has 0 aliphatic carbocycles. The summed E-state index contributed by atoms with van der Waals surface area (Å²) < 4.78 is 0. The maximum Gasteiger partial charge on any atom is 0.147 e. The average Bonchev–Trinajstić information content (AvgIpc) is 3.83. The van der Waals surface area contributed by atoms with Crippen LogP contribution in [0.2, 0.25) is 0 Å². The third-order valence-electron chi connectivity index (χ3n) is 11.2. The van der Waals surface area contributed by atoms with Gasteiger partial charge in [0.05, 0.1) is 0 Å². The highest BCUT2D eigenvalue weighted by molar-refractivity contribution is 5.75. The molecule has 8 aromatic rings. The van der Waals surface area contributed by atoms with Crippen LogP contribution in [0.25, 0.3) is 33.4 Å². The van der Waals surface area contributed by atoms with Gasteiger partial charge < -0.3 is 10.2 Å². The second-order valence-electron chi connectivity index (χ2n) is 18.2. The molecule has 8 heteroatoms. The molecule has 2 aromatic heterocycles. The topological polar surface area (TPSA) is 102 Å². The fourth-order valence-corrected chi connectivity index (χ4v) is 8.11. The molecule has 0 aliphatic heterocycles. The summed E-state index contributed by atoms with van der Waals surface area (Å²) in [5.74, 6) is 0.382.